The second kappa shape index (κ2) is 8.75. The standard InChI is InChI=1S/C24H18N4O5/c1-14-10-11-21(29)19(12-14)26-27-22-16-7-3-2-6-15(16)13-17(23(22)30)24(31)25-18-8-4-5-9-20(18)28(32)33/h2-13,29-30H,1H3,(H,25,31). The van der Waals surface area contributed by atoms with Gasteiger partial charge in [-0.3, -0.25) is 14.9 Å². The number of carbonyl (C=O) groups is 1. The summed E-state index contributed by atoms with van der Waals surface area (Å²) in [5.41, 5.74) is 0.673. The SMILES string of the molecule is Cc1ccc(O)c(N=Nc2c(O)c(C(=O)Nc3ccccc3[N+](=O)[O-])cc3ccccc23)c1. The lowest BCUT2D eigenvalue weighted by atomic mass is 10.0. The minimum Gasteiger partial charge on any atom is -0.506 e. The second-order valence-corrected chi connectivity index (χ2v) is 7.26. The highest BCUT2D eigenvalue weighted by Gasteiger charge is 2.21. The van der Waals surface area contributed by atoms with E-state index in [9.17, 15) is 25.1 Å². The molecule has 164 valence electrons. The van der Waals surface area contributed by atoms with Gasteiger partial charge < -0.3 is 15.5 Å². The molecule has 0 saturated heterocycles. The van der Waals surface area contributed by atoms with E-state index in [2.05, 4.69) is 15.5 Å². The van der Waals surface area contributed by atoms with Crippen molar-refractivity contribution in [2.45, 2.75) is 6.92 Å². The first kappa shape index (κ1) is 21.4. The number of amides is 1. The fourth-order valence-electron chi connectivity index (χ4n) is 3.34. The predicted molar refractivity (Wildman–Crippen MR) is 124 cm³/mol. The molecule has 33 heavy (non-hydrogen) atoms. The van der Waals surface area contributed by atoms with Crippen LogP contribution in [0.4, 0.5) is 22.7 Å². The lowest BCUT2D eigenvalue weighted by Crippen LogP contribution is -2.13. The number of benzene rings is 4. The molecular weight excluding hydrogens is 424 g/mol. The summed E-state index contributed by atoms with van der Waals surface area (Å²) in [5, 5.41) is 44.0. The minimum atomic E-state index is -0.748. The molecule has 0 spiro atoms. The molecule has 0 unspecified atom stereocenters. The van der Waals surface area contributed by atoms with E-state index in [1.54, 1.807) is 42.5 Å². The van der Waals surface area contributed by atoms with Gasteiger partial charge in [0.25, 0.3) is 11.6 Å². The molecule has 4 aromatic rings. The number of anilines is 1. The molecule has 4 rings (SSSR count). The maximum absolute atomic E-state index is 13.0. The number of rotatable bonds is 5. The summed E-state index contributed by atoms with van der Waals surface area (Å²) in [6, 6.07) is 19.0. The van der Waals surface area contributed by atoms with Gasteiger partial charge in [-0.1, -0.05) is 42.5 Å². The maximum atomic E-state index is 13.0. The fourth-order valence-corrected chi connectivity index (χ4v) is 3.34. The van der Waals surface area contributed by atoms with E-state index >= 15 is 0 Å². The summed E-state index contributed by atoms with van der Waals surface area (Å²) in [6.07, 6.45) is 0. The van der Waals surface area contributed by atoms with Crippen LogP contribution in [0, 0.1) is 17.0 Å². The zero-order chi connectivity index (χ0) is 23.5. The summed E-state index contributed by atoms with van der Waals surface area (Å²) in [6.45, 7) is 1.83. The molecule has 0 aromatic heterocycles. The van der Waals surface area contributed by atoms with Gasteiger partial charge in [-0.15, -0.1) is 10.2 Å². The third kappa shape index (κ3) is 4.33. The van der Waals surface area contributed by atoms with Crippen LogP contribution < -0.4 is 5.32 Å². The average Bonchev–Trinajstić information content (AvgIpc) is 2.80. The third-order valence-electron chi connectivity index (χ3n) is 4.98. The number of nitrogens with zero attached hydrogens (tertiary/aromatic N) is 3. The number of nitrogens with one attached hydrogen (secondary N) is 1. The molecule has 0 saturated carbocycles. The number of phenols is 2. The van der Waals surface area contributed by atoms with Gasteiger partial charge in [-0.2, -0.15) is 0 Å². The molecule has 1 amide bonds. The number of para-hydroxylation sites is 2. The van der Waals surface area contributed by atoms with E-state index < -0.39 is 16.6 Å². The summed E-state index contributed by atoms with van der Waals surface area (Å²) >= 11 is 0. The largest absolute Gasteiger partial charge is 0.506 e. The number of hydrogen-bond acceptors (Lipinski definition) is 7. The van der Waals surface area contributed by atoms with Crippen LogP contribution in [-0.4, -0.2) is 21.0 Å². The lowest BCUT2D eigenvalue weighted by molar-refractivity contribution is -0.383. The summed E-state index contributed by atoms with van der Waals surface area (Å²) in [5.74, 6) is -1.28. The number of aryl methyl sites for hydroxylation is 1. The van der Waals surface area contributed by atoms with Gasteiger partial charge in [0.15, 0.2) is 5.75 Å². The Balaban J connectivity index is 1.80. The Labute approximate surface area is 187 Å². The molecule has 0 heterocycles. The van der Waals surface area contributed by atoms with E-state index in [1.165, 1.54) is 30.3 Å². The summed E-state index contributed by atoms with van der Waals surface area (Å²) < 4.78 is 0. The molecule has 0 bridgehead atoms. The zero-order valence-corrected chi connectivity index (χ0v) is 17.4. The van der Waals surface area contributed by atoms with Crippen LogP contribution in [0.5, 0.6) is 11.5 Å². The summed E-state index contributed by atoms with van der Waals surface area (Å²) in [4.78, 5) is 23.6. The molecule has 0 aliphatic rings. The molecule has 9 nitrogen and oxygen atoms in total. The Morgan fingerprint density at radius 2 is 1.70 bits per heavy atom. The quantitative estimate of drug-likeness (QED) is 0.194. The normalized spacial score (nSPS) is 11.1. The Morgan fingerprint density at radius 3 is 2.48 bits per heavy atom. The Morgan fingerprint density at radius 1 is 0.970 bits per heavy atom. The van der Waals surface area contributed by atoms with Crippen molar-refractivity contribution in [3.8, 4) is 11.5 Å². The molecule has 9 heteroatoms. The van der Waals surface area contributed by atoms with Crippen molar-refractivity contribution in [3.63, 3.8) is 0 Å². The smallest absolute Gasteiger partial charge is 0.292 e. The number of phenolic OH excluding ortho intramolecular Hbond substituents is 2. The topological polar surface area (TPSA) is 137 Å². The number of azo groups is 1. The van der Waals surface area contributed by atoms with Gasteiger partial charge in [0.1, 0.15) is 22.8 Å². The Bertz CT molecular complexity index is 1430. The number of nitro benzene ring substituents is 1. The fraction of sp³-hybridized carbons (Fsp3) is 0.0417. The van der Waals surface area contributed by atoms with Crippen LogP contribution in [0.2, 0.25) is 0 Å². The van der Waals surface area contributed by atoms with Gasteiger partial charge in [-0.25, -0.2) is 0 Å². The maximum Gasteiger partial charge on any atom is 0.292 e. The predicted octanol–water partition coefficient (Wildman–Crippen LogP) is 6.14. The molecule has 0 radical (unpaired) electrons. The van der Waals surface area contributed by atoms with Crippen LogP contribution in [0.15, 0.2) is 83.0 Å². The van der Waals surface area contributed by atoms with Crippen molar-refractivity contribution < 1.29 is 19.9 Å². The van der Waals surface area contributed by atoms with Crippen LogP contribution in [-0.2, 0) is 0 Å². The first-order valence-electron chi connectivity index (χ1n) is 9.86. The highest BCUT2D eigenvalue weighted by molar-refractivity contribution is 6.12. The molecule has 4 aromatic carbocycles. The molecule has 3 N–H and O–H groups in total. The second-order valence-electron chi connectivity index (χ2n) is 7.26. The first-order valence-corrected chi connectivity index (χ1v) is 9.86. The van der Waals surface area contributed by atoms with Gasteiger partial charge in [0, 0.05) is 11.5 Å². The number of nitro groups is 1. The van der Waals surface area contributed by atoms with Crippen molar-refractivity contribution in [2.75, 3.05) is 5.32 Å². The van der Waals surface area contributed by atoms with Gasteiger partial charge in [0.05, 0.1) is 10.5 Å². The van der Waals surface area contributed by atoms with E-state index in [-0.39, 0.29) is 34.1 Å². The molecule has 0 fully saturated rings. The van der Waals surface area contributed by atoms with Crippen LogP contribution in [0.1, 0.15) is 15.9 Å². The van der Waals surface area contributed by atoms with Crippen LogP contribution in [0.3, 0.4) is 0 Å². The monoisotopic (exact) mass is 442 g/mol. The van der Waals surface area contributed by atoms with Gasteiger partial charge in [-0.05, 0) is 42.1 Å². The molecule has 0 atom stereocenters. The first-order chi connectivity index (χ1) is 15.8. The summed E-state index contributed by atoms with van der Waals surface area (Å²) in [7, 11) is 0. The lowest BCUT2D eigenvalue weighted by Gasteiger charge is -2.11. The number of hydrogen-bond donors (Lipinski definition) is 3. The van der Waals surface area contributed by atoms with E-state index in [1.807, 2.05) is 6.92 Å². The van der Waals surface area contributed by atoms with Gasteiger partial charge >= 0.3 is 0 Å². The van der Waals surface area contributed by atoms with Crippen molar-refractivity contribution in [3.05, 3.63) is 94.0 Å². The minimum absolute atomic E-state index is 0.00656. The third-order valence-corrected chi connectivity index (χ3v) is 4.98. The van der Waals surface area contributed by atoms with Crippen molar-refractivity contribution >= 4 is 39.4 Å². The van der Waals surface area contributed by atoms with E-state index in [0.717, 1.165) is 5.56 Å². The van der Waals surface area contributed by atoms with E-state index in [4.69, 9.17) is 0 Å². The van der Waals surface area contributed by atoms with Crippen molar-refractivity contribution in [2.24, 2.45) is 10.2 Å². The van der Waals surface area contributed by atoms with E-state index in [0.29, 0.717) is 10.8 Å². The van der Waals surface area contributed by atoms with Crippen molar-refractivity contribution in [1.29, 1.82) is 0 Å². The highest BCUT2D eigenvalue weighted by Crippen LogP contribution is 2.40. The Kier molecular flexibility index (Phi) is 5.69. The zero-order valence-electron chi connectivity index (χ0n) is 17.4. The van der Waals surface area contributed by atoms with Gasteiger partial charge in [0.2, 0.25) is 0 Å². The Hall–Kier alpha value is -4.79. The van der Waals surface area contributed by atoms with Crippen LogP contribution >= 0.6 is 0 Å². The van der Waals surface area contributed by atoms with Crippen LogP contribution in [0.25, 0.3) is 10.8 Å². The molecule has 0 aliphatic heterocycles. The van der Waals surface area contributed by atoms with Crippen molar-refractivity contribution in [1.82, 2.24) is 0 Å². The number of aromatic hydroxyl groups is 2. The number of fused-ring (bicyclic) bond motifs is 1. The number of carbonyl (C=O) groups excluding carboxylic acids is 1. The molecular formula is C24H18N4O5. The highest BCUT2D eigenvalue weighted by atomic mass is 16.6. The average molecular weight is 442 g/mol. The molecule has 0 aliphatic carbocycles.